The number of amides is 1. The predicted molar refractivity (Wildman–Crippen MR) is 73.5 cm³/mol. The van der Waals surface area contributed by atoms with Crippen molar-refractivity contribution in [3.63, 3.8) is 0 Å². The number of rotatable bonds is 3. The smallest absolute Gasteiger partial charge is 0.251 e. The lowest BCUT2D eigenvalue weighted by molar-refractivity contribution is 0.0956. The van der Waals surface area contributed by atoms with E-state index in [0.717, 1.165) is 42.5 Å². The van der Waals surface area contributed by atoms with Crippen molar-refractivity contribution < 1.29 is 4.79 Å². The van der Waals surface area contributed by atoms with Crippen LogP contribution in [0.3, 0.4) is 0 Å². The summed E-state index contributed by atoms with van der Waals surface area (Å²) < 4.78 is 0. The molecule has 0 aromatic heterocycles. The number of nitrogens with two attached hydrogens (primary N) is 1. The number of fused-ring (bicyclic) bond motifs is 1. The molecule has 3 nitrogen and oxygen atoms in total. The molecule has 1 aliphatic rings. The Balaban J connectivity index is 2.33. The van der Waals surface area contributed by atoms with Crippen LogP contribution in [0.15, 0.2) is 18.2 Å². The third-order valence-corrected chi connectivity index (χ3v) is 3.93. The molecule has 2 unspecified atom stereocenters. The Bertz CT molecular complexity index is 442. The molecule has 3 N–H and O–H groups in total. The van der Waals surface area contributed by atoms with Crippen LogP contribution in [-0.4, -0.2) is 12.5 Å². The van der Waals surface area contributed by atoms with Crippen LogP contribution in [0, 0.1) is 5.92 Å². The Kier molecular flexibility index (Phi) is 4.02. The minimum atomic E-state index is 0.0105. The largest absolute Gasteiger partial charge is 0.352 e. The summed E-state index contributed by atoms with van der Waals surface area (Å²) in [5.41, 5.74) is 9.26. The van der Waals surface area contributed by atoms with E-state index in [1.807, 2.05) is 6.07 Å². The van der Waals surface area contributed by atoms with E-state index in [9.17, 15) is 4.79 Å². The minimum absolute atomic E-state index is 0.0105. The first kappa shape index (κ1) is 13.1. The first-order valence-corrected chi connectivity index (χ1v) is 6.80. The first-order chi connectivity index (χ1) is 8.63. The van der Waals surface area contributed by atoms with Gasteiger partial charge in [0.2, 0.25) is 0 Å². The van der Waals surface area contributed by atoms with E-state index in [4.69, 9.17) is 5.73 Å². The van der Waals surface area contributed by atoms with Crippen molar-refractivity contribution in [2.45, 2.75) is 39.2 Å². The lowest BCUT2D eigenvalue weighted by atomic mass is 9.90. The average molecular weight is 246 g/mol. The Morgan fingerprint density at radius 2 is 2.22 bits per heavy atom. The highest BCUT2D eigenvalue weighted by Crippen LogP contribution is 2.25. The molecule has 1 heterocycles. The molecule has 0 aliphatic carbocycles. The molecule has 0 fully saturated rings. The van der Waals surface area contributed by atoms with Crippen molar-refractivity contribution >= 4 is 5.91 Å². The van der Waals surface area contributed by atoms with Crippen molar-refractivity contribution in [2.24, 2.45) is 11.7 Å². The summed E-state index contributed by atoms with van der Waals surface area (Å²) in [4.78, 5) is 12.0. The summed E-state index contributed by atoms with van der Waals surface area (Å²) in [6.07, 6.45) is 3.02. The third-order valence-electron chi connectivity index (χ3n) is 3.93. The van der Waals surface area contributed by atoms with Gasteiger partial charge in [-0.25, -0.2) is 0 Å². The van der Waals surface area contributed by atoms with Crippen molar-refractivity contribution in [3.8, 4) is 0 Å². The maximum absolute atomic E-state index is 12.0. The van der Waals surface area contributed by atoms with Crippen molar-refractivity contribution in [1.82, 2.24) is 5.32 Å². The van der Waals surface area contributed by atoms with Crippen LogP contribution in [0.4, 0.5) is 0 Å². The van der Waals surface area contributed by atoms with E-state index >= 15 is 0 Å². The van der Waals surface area contributed by atoms with Gasteiger partial charge in [-0.3, -0.25) is 4.79 Å². The zero-order valence-electron chi connectivity index (χ0n) is 11.2. The predicted octanol–water partition coefficient (Wildman–Crippen LogP) is 2.41. The van der Waals surface area contributed by atoms with Gasteiger partial charge in [-0.05, 0) is 36.0 Å². The molecule has 2 rings (SSSR count). The summed E-state index contributed by atoms with van der Waals surface area (Å²) >= 11 is 0. The van der Waals surface area contributed by atoms with Crippen LogP contribution in [0.5, 0.6) is 0 Å². The lowest BCUT2D eigenvalue weighted by Crippen LogP contribution is -2.24. The van der Waals surface area contributed by atoms with Gasteiger partial charge in [-0.2, -0.15) is 0 Å². The van der Waals surface area contributed by atoms with Crippen LogP contribution < -0.4 is 11.1 Å². The minimum Gasteiger partial charge on any atom is -0.352 e. The van der Waals surface area contributed by atoms with Gasteiger partial charge >= 0.3 is 0 Å². The highest BCUT2D eigenvalue weighted by molar-refractivity contribution is 5.96. The molecule has 0 saturated carbocycles. The average Bonchev–Trinajstić information content (AvgIpc) is 2.59. The van der Waals surface area contributed by atoms with Crippen LogP contribution in [0.1, 0.15) is 54.2 Å². The van der Waals surface area contributed by atoms with Crippen molar-refractivity contribution in [2.75, 3.05) is 6.54 Å². The molecule has 0 spiro atoms. The highest BCUT2D eigenvalue weighted by atomic mass is 16.1. The molecule has 1 aromatic carbocycles. The lowest BCUT2D eigenvalue weighted by Gasteiger charge is -2.20. The second kappa shape index (κ2) is 5.53. The molecule has 0 radical (unpaired) electrons. The van der Waals surface area contributed by atoms with E-state index in [2.05, 4.69) is 31.3 Å². The number of benzene rings is 1. The normalized spacial score (nSPS) is 18.5. The molecule has 1 amide bonds. The van der Waals surface area contributed by atoms with Crippen molar-refractivity contribution in [3.05, 3.63) is 34.9 Å². The summed E-state index contributed by atoms with van der Waals surface area (Å²) in [6, 6.07) is 6.13. The summed E-state index contributed by atoms with van der Waals surface area (Å²) in [5, 5.41) is 2.93. The van der Waals surface area contributed by atoms with E-state index in [1.54, 1.807) is 0 Å². The second-order valence-electron chi connectivity index (χ2n) is 5.19. The second-order valence-corrected chi connectivity index (χ2v) is 5.19. The van der Waals surface area contributed by atoms with Crippen LogP contribution in [0.2, 0.25) is 0 Å². The molecule has 0 saturated heterocycles. The fourth-order valence-electron chi connectivity index (χ4n) is 2.39. The SMILES string of the molecule is CCC(C)C(N)c1ccc2c(c1)C(=O)NCCC2. The van der Waals surface area contributed by atoms with Gasteiger partial charge in [0, 0.05) is 18.2 Å². The zero-order valence-corrected chi connectivity index (χ0v) is 11.2. The molecule has 1 aliphatic heterocycles. The number of aryl methyl sites for hydroxylation is 1. The quantitative estimate of drug-likeness (QED) is 0.860. The molecule has 3 heteroatoms. The van der Waals surface area contributed by atoms with Crippen molar-refractivity contribution in [1.29, 1.82) is 0 Å². The maximum atomic E-state index is 12.0. The van der Waals surface area contributed by atoms with Crippen LogP contribution in [0.25, 0.3) is 0 Å². The fraction of sp³-hybridized carbons (Fsp3) is 0.533. The zero-order chi connectivity index (χ0) is 13.1. The molecule has 2 atom stereocenters. The summed E-state index contributed by atoms with van der Waals surface area (Å²) in [7, 11) is 0. The molecular weight excluding hydrogens is 224 g/mol. The monoisotopic (exact) mass is 246 g/mol. The number of hydrogen-bond acceptors (Lipinski definition) is 2. The van der Waals surface area contributed by atoms with Gasteiger partial charge in [0.15, 0.2) is 0 Å². The number of nitrogens with one attached hydrogen (secondary N) is 1. The molecule has 0 bridgehead atoms. The maximum Gasteiger partial charge on any atom is 0.251 e. The number of carbonyl (C=O) groups excluding carboxylic acids is 1. The van der Waals surface area contributed by atoms with E-state index in [1.165, 1.54) is 0 Å². The molecular formula is C15H22N2O. The van der Waals surface area contributed by atoms with Gasteiger partial charge in [0.1, 0.15) is 0 Å². The van der Waals surface area contributed by atoms with Gasteiger partial charge in [0.25, 0.3) is 5.91 Å². The topological polar surface area (TPSA) is 55.1 Å². The van der Waals surface area contributed by atoms with Gasteiger partial charge in [-0.1, -0.05) is 32.4 Å². The molecule has 1 aromatic rings. The highest BCUT2D eigenvalue weighted by Gasteiger charge is 2.19. The van der Waals surface area contributed by atoms with Gasteiger partial charge < -0.3 is 11.1 Å². The Hall–Kier alpha value is -1.35. The molecule has 18 heavy (non-hydrogen) atoms. The summed E-state index contributed by atoms with van der Waals surface area (Å²) in [5.74, 6) is 0.470. The standard InChI is InChI=1S/C15H22N2O/c1-3-10(2)14(16)12-7-6-11-5-4-8-17-15(18)13(11)9-12/h6-7,9-10,14H,3-5,8,16H2,1-2H3,(H,17,18). The van der Waals surface area contributed by atoms with Crippen LogP contribution >= 0.6 is 0 Å². The van der Waals surface area contributed by atoms with E-state index in [0.29, 0.717) is 5.92 Å². The Morgan fingerprint density at radius 1 is 1.44 bits per heavy atom. The Labute approximate surface area is 109 Å². The van der Waals surface area contributed by atoms with Gasteiger partial charge in [-0.15, -0.1) is 0 Å². The Morgan fingerprint density at radius 3 is 2.94 bits per heavy atom. The number of hydrogen-bond donors (Lipinski definition) is 2. The molecule has 98 valence electrons. The number of carbonyl (C=O) groups is 1. The first-order valence-electron chi connectivity index (χ1n) is 6.80. The van der Waals surface area contributed by atoms with Gasteiger partial charge in [0.05, 0.1) is 0 Å². The third kappa shape index (κ3) is 2.56. The summed E-state index contributed by atoms with van der Waals surface area (Å²) in [6.45, 7) is 5.05. The van der Waals surface area contributed by atoms with E-state index < -0.39 is 0 Å². The van der Waals surface area contributed by atoms with Crippen LogP contribution in [-0.2, 0) is 6.42 Å². The van der Waals surface area contributed by atoms with E-state index in [-0.39, 0.29) is 11.9 Å². The fourth-order valence-corrected chi connectivity index (χ4v) is 2.39.